The predicted octanol–water partition coefficient (Wildman–Crippen LogP) is 5.45. The molecule has 16 heavy (non-hydrogen) atoms. The van der Waals surface area contributed by atoms with Crippen LogP contribution in [0.5, 0.6) is 0 Å². The number of halogens is 2. The summed E-state index contributed by atoms with van der Waals surface area (Å²) in [5.74, 6) is 1.52. The molecule has 0 bridgehead atoms. The van der Waals surface area contributed by atoms with E-state index in [-0.39, 0.29) is 5.38 Å². The van der Waals surface area contributed by atoms with Gasteiger partial charge < -0.3 is 0 Å². The van der Waals surface area contributed by atoms with Crippen LogP contribution in [0.1, 0.15) is 43.5 Å². The molecule has 88 valence electrons. The van der Waals surface area contributed by atoms with Gasteiger partial charge in [-0.15, -0.1) is 11.6 Å². The monoisotopic (exact) mass is 256 g/mol. The first-order valence-electron chi connectivity index (χ1n) is 6.06. The number of rotatable bonds is 2. The van der Waals surface area contributed by atoms with Crippen LogP contribution in [-0.4, -0.2) is 0 Å². The number of hydrogen-bond donors (Lipinski definition) is 0. The zero-order valence-corrected chi connectivity index (χ0v) is 11.1. The smallest absolute Gasteiger partial charge is 0.0613 e. The highest BCUT2D eigenvalue weighted by molar-refractivity contribution is 6.30. The molecule has 1 aliphatic rings. The summed E-state index contributed by atoms with van der Waals surface area (Å²) < 4.78 is 0. The molecule has 1 aromatic carbocycles. The van der Waals surface area contributed by atoms with Gasteiger partial charge >= 0.3 is 0 Å². The zero-order chi connectivity index (χ0) is 11.5. The SMILES string of the molecule is CC1CCC(C(Cl)c2ccc(Cl)cc2)CC1. The third-order valence-corrected chi connectivity index (χ3v) is 4.52. The average Bonchev–Trinajstić information content (AvgIpc) is 2.30. The highest BCUT2D eigenvalue weighted by atomic mass is 35.5. The molecule has 0 nitrogen and oxygen atoms in total. The Labute approximate surface area is 108 Å². The number of alkyl halides is 1. The highest BCUT2D eigenvalue weighted by Gasteiger charge is 2.25. The van der Waals surface area contributed by atoms with E-state index in [9.17, 15) is 0 Å². The van der Waals surface area contributed by atoms with Crippen LogP contribution in [0.4, 0.5) is 0 Å². The molecule has 2 heteroatoms. The summed E-state index contributed by atoms with van der Waals surface area (Å²) in [7, 11) is 0. The van der Waals surface area contributed by atoms with E-state index in [2.05, 4.69) is 19.1 Å². The van der Waals surface area contributed by atoms with Gasteiger partial charge in [-0.2, -0.15) is 0 Å². The predicted molar refractivity (Wildman–Crippen MR) is 71.2 cm³/mol. The Kier molecular flexibility index (Phi) is 4.16. The van der Waals surface area contributed by atoms with E-state index in [4.69, 9.17) is 23.2 Å². The third-order valence-electron chi connectivity index (χ3n) is 3.66. The second-order valence-electron chi connectivity index (χ2n) is 4.97. The third kappa shape index (κ3) is 2.93. The standard InChI is InChI=1S/C14H18Cl2/c1-10-2-4-11(5-3-10)14(16)12-6-8-13(15)9-7-12/h6-11,14H,2-5H2,1H3. The van der Waals surface area contributed by atoms with Crippen molar-refractivity contribution < 1.29 is 0 Å². The average molecular weight is 257 g/mol. The summed E-state index contributed by atoms with van der Waals surface area (Å²) in [6.07, 6.45) is 5.17. The first-order chi connectivity index (χ1) is 7.66. The molecular weight excluding hydrogens is 239 g/mol. The van der Waals surface area contributed by atoms with Crippen LogP contribution in [0, 0.1) is 11.8 Å². The Bertz CT molecular complexity index is 323. The Morgan fingerprint density at radius 1 is 1.06 bits per heavy atom. The van der Waals surface area contributed by atoms with Crippen molar-refractivity contribution in [1.29, 1.82) is 0 Å². The first-order valence-corrected chi connectivity index (χ1v) is 6.88. The van der Waals surface area contributed by atoms with Crippen LogP contribution in [0.15, 0.2) is 24.3 Å². The van der Waals surface area contributed by atoms with Gasteiger partial charge in [-0.3, -0.25) is 0 Å². The fraction of sp³-hybridized carbons (Fsp3) is 0.571. The van der Waals surface area contributed by atoms with Gasteiger partial charge in [-0.05, 0) is 42.4 Å². The molecule has 0 radical (unpaired) electrons. The minimum atomic E-state index is 0.157. The van der Waals surface area contributed by atoms with Gasteiger partial charge in [0.25, 0.3) is 0 Å². The Hall–Kier alpha value is -0.200. The fourth-order valence-corrected chi connectivity index (χ4v) is 3.02. The van der Waals surface area contributed by atoms with E-state index in [0.29, 0.717) is 5.92 Å². The van der Waals surface area contributed by atoms with Crippen LogP contribution >= 0.6 is 23.2 Å². The van der Waals surface area contributed by atoms with E-state index in [0.717, 1.165) is 10.9 Å². The van der Waals surface area contributed by atoms with E-state index < -0.39 is 0 Å². The van der Waals surface area contributed by atoms with Crippen LogP contribution in [0.2, 0.25) is 5.02 Å². The lowest BCUT2D eigenvalue weighted by Crippen LogP contribution is -2.16. The van der Waals surface area contributed by atoms with Crippen molar-refractivity contribution in [2.45, 2.75) is 38.0 Å². The second kappa shape index (κ2) is 5.42. The van der Waals surface area contributed by atoms with Crippen molar-refractivity contribution in [1.82, 2.24) is 0 Å². The molecule has 0 N–H and O–H groups in total. The molecule has 1 aliphatic carbocycles. The van der Waals surface area contributed by atoms with Gasteiger partial charge in [-0.1, -0.05) is 43.5 Å². The molecule has 0 spiro atoms. The molecule has 1 fully saturated rings. The lowest BCUT2D eigenvalue weighted by Gasteiger charge is -2.29. The van der Waals surface area contributed by atoms with Gasteiger partial charge in [0.15, 0.2) is 0 Å². The van der Waals surface area contributed by atoms with Crippen molar-refractivity contribution >= 4 is 23.2 Å². The van der Waals surface area contributed by atoms with Gasteiger partial charge in [-0.25, -0.2) is 0 Å². The van der Waals surface area contributed by atoms with Gasteiger partial charge in [0, 0.05) is 5.02 Å². The molecule has 0 aliphatic heterocycles. The first kappa shape index (κ1) is 12.3. The molecule has 1 aromatic rings. The van der Waals surface area contributed by atoms with Crippen molar-refractivity contribution in [2.75, 3.05) is 0 Å². The summed E-state index contributed by atoms with van der Waals surface area (Å²) in [5, 5.41) is 0.939. The van der Waals surface area contributed by atoms with Crippen LogP contribution < -0.4 is 0 Å². The maximum absolute atomic E-state index is 6.54. The molecule has 1 atom stereocenters. The van der Waals surface area contributed by atoms with E-state index in [1.807, 2.05) is 12.1 Å². The molecule has 1 saturated carbocycles. The minimum absolute atomic E-state index is 0.157. The van der Waals surface area contributed by atoms with Crippen molar-refractivity contribution in [2.24, 2.45) is 11.8 Å². The number of hydrogen-bond acceptors (Lipinski definition) is 0. The van der Waals surface area contributed by atoms with Crippen LogP contribution in [0.3, 0.4) is 0 Å². The van der Waals surface area contributed by atoms with Crippen molar-refractivity contribution in [3.8, 4) is 0 Å². The van der Waals surface area contributed by atoms with Crippen molar-refractivity contribution in [3.05, 3.63) is 34.9 Å². The summed E-state index contributed by atoms with van der Waals surface area (Å²) in [6, 6.07) is 7.96. The summed E-state index contributed by atoms with van der Waals surface area (Å²) >= 11 is 12.4. The Morgan fingerprint density at radius 3 is 2.19 bits per heavy atom. The molecule has 0 aromatic heterocycles. The second-order valence-corrected chi connectivity index (χ2v) is 5.88. The molecule has 0 saturated heterocycles. The lowest BCUT2D eigenvalue weighted by molar-refractivity contribution is 0.283. The summed E-state index contributed by atoms with van der Waals surface area (Å²) in [6.45, 7) is 2.34. The van der Waals surface area contributed by atoms with E-state index in [1.165, 1.54) is 31.2 Å². The molecule has 0 heterocycles. The quantitative estimate of drug-likeness (QED) is 0.618. The van der Waals surface area contributed by atoms with Gasteiger partial charge in [0.05, 0.1) is 5.38 Å². The largest absolute Gasteiger partial charge is 0.118 e. The normalized spacial score (nSPS) is 27.7. The van der Waals surface area contributed by atoms with Gasteiger partial charge in [0.2, 0.25) is 0 Å². The highest BCUT2D eigenvalue weighted by Crippen LogP contribution is 2.40. The Balaban J connectivity index is 2.01. The van der Waals surface area contributed by atoms with Crippen molar-refractivity contribution in [3.63, 3.8) is 0 Å². The molecule has 2 rings (SSSR count). The topological polar surface area (TPSA) is 0 Å². The maximum atomic E-state index is 6.54. The number of benzene rings is 1. The molecule has 1 unspecified atom stereocenters. The molecule has 0 amide bonds. The van der Waals surface area contributed by atoms with Crippen LogP contribution in [-0.2, 0) is 0 Å². The van der Waals surface area contributed by atoms with E-state index in [1.54, 1.807) is 0 Å². The minimum Gasteiger partial charge on any atom is -0.118 e. The maximum Gasteiger partial charge on any atom is 0.0613 e. The zero-order valence-electron chi connectivity index (χ0n) is 9.63. The summed E-state index contributed by atoms with van der Waals surface area (Å²) in [5.41, 5.74) is 1.21. The Morgan fingerprint density at radius 2 is 1.62 bits per heavy atom. The van der Waals surface area contributed by atoms with Crippen LogP contribution in [0.25, 0.3) is 0 Å². The summed E-state index contributed by atoms with van der Waals surface area (Å²) in [4.78, 5) is 0. The molecular formula is C14H18Cl2. The lowest BCUT2D eigenvalue weighted by atomic mass is 9.80. The van der Waals surface area contributed by atoms with Gasteiger partial charge in [0.1, 0.15) is 0 Å². The fourth-order valence-electron chi connectivity index (χ4n) is 2.50. The van der Waals surface area contributed by atoms with E-state index >= 15 is 0 Å².